The van der Waals surface area contributed by atoms with Crippen LogP contribution in [0.15, 0.2) is 12.1 Å². The van der Waals surface area contributed by atoms with Crippen molar-refractivity contribution in [3.63, 3.8) is 0 Å². The molecule has 3 rings (SSSR count). The number of pyridine rings is 1. The van der Waals surface area contributed by atoms with Crippen molar-refractivity contribution in [2.24, 2.45) is 0 Å². The molecule has 24 heavy (non-hydrogen) atoms. The average molecular weight is 346 g/mol. The normalized spacial score (nSPS) is 15.6. The molecule has 2 aromatic rings. The number of nitrogens with zero attached hydrogens (tertiary/aromatic N) is 7. The van der Waals surface area contributed by atoms with Crippen molar-refractivity contribution in [3.05, 3.63) is 28.7 Å². The summed E-state index contributed by atoms with van der Waals surface area (Å²) in [5.74, 6) is 1.23. The maximum Gasteiger partial charge on any atom is 0.172 e. The van der Waals surface area contributed by atoms with Crippen molar-refractivity contribution in [1.82, 2.24) is 30.1 Å². The van der Waals surface area contributed by atoms with E-state index in [0.717, 1.165) is 12.4 Å². The van der Waals surface area contributed by atoms with Gasteiger partial charge in [-0.3, -0.25) is 4.90 Å². The zero-order valence-electron chi connectivity index (χ0n) is 13.7. The Bertz CT molecular complexity index is 730. The highest BCUT2D eigenvalue weighted by molar-refractivity contribution is 6.31. The fourth-order valence-electron chi connectivity index (χ4n) is 3.24. The van der Waals surface area contributed by atoms with E-state index in [1.165, 1.54) is 32.1 Å². The zero-order chi connectivity index (χ0) is 16.9. The number of halogens is 1. The molecular formula is C16H20ClN7. The molecule has 0 saturated heterocycles. The van der Waals surface area contributed by atoms with Crippen molar-refractivity contribution >= 4 is 11.6 Å². The maximum atomic E-state index is 9.10. The quantitative estimate of drug-likeness (QED) is 0.828. The fraction of sp³-hybridized carbons (Fsp3) is 0.562. The minimum atomic E-state index is 0.176. The molecule has 126 valence electrons. The molecule has 2 aromatic heterocycles. The van der Waals surface area contributed by atoms with Gasteiger partial charge < -0.3 is 0 Å². The molecule has 1 aliphatic carbocycles. The van der Waals surface area contributed by atoms with Gasteiger partial charge in [0, 0.05) is 6.04 Å². The first-order valence-corrected chi connectivity index (χ1v) is 8.69. The van der Waals surface area contributed by atoms with Gasteiger partial charge in [0.05, 0.1) is 11.6 Å². The average Bonchev–Trinajstić information content (AvgIpc) is 3.09. The van der Waals surface area contributed by atoms with Crippen LogP contribution in [0, 0.1) is 11.3 Å². The summed E-state index contributed by atoms with van der Waals surface area (Å²) >= 11 is 5.95. The van der Waals surface area contributed by atoms with E-state index < -0.39 is 0 Å². The van der Waals surface area contributed by atoms with Crippen LogP contribution in [-0.4, -0.2) is 42.7 Å². The molecule has 0 radical (unpaired) electrons. The Morgan fingerprint density at radius 1 is 1.33 bits per heavy atom. The molecular weight excluding hydrogens is 326 g/mol. The Hall–Kier alpha value is -2.04. The molecule has 2 heterocycles. The first kappa shape index (κ1) is 16.8. The van der Waals surface area contributed by atoms with Crippen molar-refractivity contribution in [2.45, 2.75) is 51.6 Å². The number of hydrogen-bond acceptors (Lipinski definition) is 6. The Kier molecular flexibility index (Phi) is 5.38. The summed E-state index contributed by atoms with van der Waals surface area (Å²) in [6.07, 6.45) is 6.37. The van der Waals surface area contributed by atoms with Crippen molar-refractivity contribution in [3.8, 4) is 11.9 Å². The predicted octanol–water partition coefficient (Wildman–Crippen LogP) is 2.74. The minimum absolute atomic E-state index is 0.176. The van der Waals surface area contributed by atoms with E-state index in [0.29, 0.717) is 23.4 Å². The lowest BCUT2D eigenvalue weighted by atomic mass is 9.94. The number of tetrazole rings is 1. The maximum absolute atomic E-state index is 9.10. The van der Waals surface area contributed by atoms with Crippen molar-refractivity contribution in [1.29, 1.82) is 5.26 Å². The van der Waals surface area contributed by atoms with Gasteiger partial charge in [-0.15, -0.1) is 5.10 Å². The van der Waals surface area contributed by atoms with Crippen molar-refractivity contribution < 1.29 is 0 Å². The first-order valence-electron chi connectivity index (χ1n) is 8.31. The van der Waals surface area contributed by atoms with Gasteiger partial charge in [-0.1, -0.05) is 37.8 Å². The molecule has 1 fully saturated rings. The van der Waals surface area contributed by atoms with Crippen molar-refractivity contribution in [2.75, 3.05) is 6.54 Å². The Morgan fingerprint density at radius 2 is 2.12 bits per heavy atom. The molecule has 1 aliphatic rings. The zero-order valence-corrected chi connectivity index (χ0v) is 14.4. The molecule has 7 nitrogen and oxygen atoms in total. The summed E-state index contributed by atoms with van der Waals surface area (Å²) in [5.41, 5.74) is 0.176. The highest BCUT2D eigenvalue weighted by Gasteiger charge is 2.22. The van der Waals surface area contributed by atoms with E-state index in [4.69, 9.17) is 16.9 Å². The van der Waals surface area contributed by atoms with Gasteiger partial charge in [0.1, 0.15) is 6.07 Å². The Labute approximate surface area is 146 Å². The summed E-state index contributed by atoms with van der Waals surface area (Å²) in [7, 11) is 0. The van der Waals surface area contributed by atoms with E-state index in [2.05, 4.69) is 32.3 Å². The second kappa shape index (κ2) is 7.69. The molecule has 0 unspecified atom stereocenters. The lowest BCUT2D eigenvalue weighted by Gasteiger charge is -2.32. The van der Waals surface area contributed by atoms with Crippen LogP contribution in [0.4, 0.5) is 0 Å². The van der Waals surface area contributed by atoms with E-state index in [9.17, 15) is 0 Å². The third kappa shape index (κ3) is 3.55. The summed E-state index contributed by atoms with van der Waals surface area (Å²) < 4.78 is 1.59. The largest absolute Gasteiger partial charge is 0.293 e. The third-order valence-corrected chi connectivity index (χ3v) is 4.84. The van der Waals surface area contributed by atoms with Crippen LogP contribution in [0.5, 0.6) is 0 Å². The van der Waals surface area contributed by atoms with E-state index in [1.54, 1.807) is 16.8 Å². The van der Waals surface area contributed by atoms with E-state index >= 15 is 0 Å². The molecule has 0 aliphatic heterocycles. The Morgan fingerprint density at radius 3 is 2.83 bits per heavy atom. The van der Waals surface area contributed by atoms with Gasteiger partial charge in [-0.25, -0.2) is 4.98 Å². The van der Waals surface area contributed by atoms with Gasteiger partial charge in [-0.05, 0) is 41.9 Å². The van der Waals surface area contributed by atoms with E-state index in [-0.39, 0.29) is 5.69 Å². The van der Waals surface area contributed by atoms with Gasteiger partial charge in [0.2, 0.25) is 0 Å². The smallest absolute Gasteiger partial charge is 0.172 e. The lowest BCUT2D eigenvalue weighted by molar-refractivity contribution is 0.151. The molecule has 0 atom stereocenters. The molecule has 1 saturated carbocycles. The molecule has 0 bridgehead atoms. The monoisotopic (exact) mass is 345 g/mol. The standard InChI is InChI=1S/C16H20ClN7/c1-2-23(12-6-4-3-5-7-12)11-16-20-21-22-24(16)15-9-8-13(17)14(10-18)19-15/h8-9,12H,2-7,11H2,1H3. The first-order chi connectivity index (χ1) is 11.7. The van der Waals surface area contributed by atoms with Gasteiger partial charge in [-0.2, -0.15) is 9.94 Å². The van der Waals surface area contributed by atoms with Gasteiger partial charge in [0.15, 0.2) is 17.3 Å². The molecule has 8 heteroatoms. The predicted molar refractivity (Wildman–Crippen MR) is 89.6 cm³/mol. The van der Waals surface area contributed by atoms with Crippen LogP contribution >= 0.6 is 11.6 Å². The van der Waals surface area contributed by atoms with Crippen LogP contribution < -0.4 is 0 Å². The number of rotatable bonds is 5. The summed E-state index contributed by atoms with van der Waals surface area (Å²) in [4.78, 5) is 6.67. The molecule has 0 N–H and O–H groups in total. The third-order valence-electron chi connectivity index (χ3n) is 4.53. The van der Waals surface area contributed by atoms with Gasteiger partial charge in [0.25, 0.3) is 0 Å². The van der Waals surface area contributed by atoms with E-state index in [1.807, 2.05) is 6.07 Å². The number of hydrogen-bond donors (Lipinski definition) is 0. The topological polar surface area (TPSA) is 83.5 Å². The summed E-state index contributed by atoms with van der Waals surface area (Å²) in [5, 5.41) is 21.4. The van der Waals surface area contributed by atoms with Crippen LogP contribution in [-0.2, 0) is 6.54 Å². The minimum Gasteiger partial charge on any atom is -0.293 e. The second-order valence-corrected chi connectivity index (χ2v) is 6.38. The number of aromatic nitrogens is 5. The second-order valence-electron chi connectivity index (χ2n) is 5.97. The van der Waals surface area contributed by atoms with Crippen LogP contribution in [0.2, 0.25) is 5.02 Å². The fourth-order valence-corrected chi connectivity index (χ4v) is 3.38. The lowest BCUT2D eigenvalue weighted by Crippen LogP contribution is -2.37. The summed E-state index contributed by atoms with van der Waals surface area (Å²) in [6, 6.07) is 5.94. The Balaban J connectivity index is 1.83. The highest BCUT2D eigenvalue weighted by Crippen LogP contribution is 2.24. The molecule has 0 amide bonds. The number of nitriles is 1. The molecule has 0 spiro atoms. The van der Waals surface area contributed by atoms with Crippen LogP contribution in [0.1, 0.15) is 50.5 Å². The van der Waals surface area contributed by atoms with Crippen LogP contribution in [0.3, 0.4) is 0 Å². The highest BCUT2D eigenvalue weighted by atomic mass is 35.5. The van der Waals surface area contributed by atoms with Gasteiger partial charge >= 0.3 is 0 Å². The van der Waals surface area contributed by atoms with Crippen LogP contribution in [0.25, 0.3) is 5.82 Å². The SMILES string of the molecule is CCN(Cc1nnnn1-c1ccc(Cl)c(C#N)n1)C1CCCCC1. The molecule has 0 aromatic carbocycles. The summed E-state index contributed by atoms with van der Waals surface area (Å²) in [6.45, 7) is 3.78.